The van der Waals surface area contributed by atoms with Crippen LogP contribution in [0.5, 0.6) is 0 Å². The van der Waals surface area contributed by atoms with Crippen molar-refractivity contribution in [3.63, 3.8) is 0 Å². The Morgan fingerprint density at radius 2 is 1.73 bits per heavy atom. The van der Waals surface area contributed by atoms with Gasteiger partial charge in [-0.05, 0) is 25.7 Å². The highest BCUT2D eigenvalue weighted by molar-refractivity contribution is 5.78. The van der Waals surface area contributed by atoms with Crippen LogP contribution in [0, 0.1) is 5.92 Å². The van der Waals surface area contributed by atoms with Crippen LogP contribution in [-0.2, 0) is 4.79 Å². The predicted molar refractivity (Wildman–Crippen MR) is 63.7 cm³/mol. The molecule has 1 amide bonds. The molecule has 1 fully saturated rings. The van der Waals surface area contributed by atoms with Gasteiger partial charge in [0.1, 0.15) is 0 Å². The number of rotatable bonds is 4. The zero-order chi connectivity index (χ0) is 11.3. The summed E-state index contributed by atoms with van der Waals surface area (Å²) >= 11 is 0. The first-order chi connectivity index (χ1) is 7.20. The van der Waals surface area contributed by atoms with Gasteiger partial charge in [-0.2, -0.15) is 0 Å². The molecule has 1 rings (SSSR count). The summed E-state index contributed by atoms with van der Waals surface area (Å²) in [5.41, 5.74) is 0. The third-order valence-electron chi connectivity index (χ3n) is 3.80. The van der Waals surface area contributed by atoms with Crippen molar-refractivity contribution in [3.05, 3.63) is 0 Å². The van der Waals surface area contributed by atoms with Crippen LogP contribution in [0.4, 0.5) is 0 Å². The van der Waals surface area contributed by atoms with Crippen molar-refractivity contribution in [2.45, 2.75) is 64.8 Å². The lowest BCUT2D eigenvalue weighted by atomic mass is 9.93. The Balaban J connectivity index is 2.49. The summed E-state index contributed by atoms with van der Waals surface area (Å²) < 4.78 is 0. The van der Waals surface area contributed by atoms with E-state index >= 15 is 0 Å². The third-order valence-corrected chi connectivity index (χ3v) is 3.80. The highest BCUT2D eigenvalue weighted by atomic mass is 16.2. The molecule has 0 aromatic heterocycles. The van der Waals surface area contributed by atoms with Gasteiger partial charge < -0.3 is 4.90 Å². The van der Waals surface area contributed by atoms with Crippen LogP contribution in [0.25, 0.3) is 0 Å². The van der Waals surface area contributed by atoms with Crippen LogP contribution in [0.15, 0.2) is 0 Å². The summed E-state index contributed by atoms with van der Waals surface area (Å²) in [6.45, 7) is 4.22. The predicted octanol–water partition coefficient (Wildman–Crippen LogP) is 3.21. The van der Waals surface area contributed by atoms with Crippen molar-refractivity contribution in [2.75, 3.05) is 7.05 Å². The van der Waals surface area contributed by atoms with Crippen molar-refractivity contribution in [3.8, 4) is 0 Å². The molecular weight excluding hydrogens is 186 g/mol. The summed E-state index contributed by atoms with van der Waals surface area (Å²) in [6.07, 6.45) is 8.32. The highest BCUT2D eigenvalue weighted by Crippen LogP contribution is 2.23. The molecule has 0 aliphatic heterocycles. The van der Waals surface area contributed by atoms with E-state index in [-0.39, 0.29) is 5.92 Å². The molecule has 0 atom stereocenters. The summed E-state index contributed by atoms with van der Waals surface area (Å²) in [4.78, 5) is 14.2. The smallest absolute Gasteiger partial charge is 0.225 e. The van der Waals surface area contributed by atoms with Crippen molar-refractivity contribution in [1.82, 2.24) is 4.90 Å². The van der Waals surface area contributed by atoms with Gasteiger partial charge in [-0.25, -0.2) is 0 Å². The number of carbonyl (C=O) groups excluding carboxylic acids is 1. The van der Waals surface area contributed by atoms with Gasteiger partial charge in [0.05, 0.1) is 0 Å². The molecule has 1 aliphatic carbocycles. The summed E-state index contributed by atoms with van der Waals surface area (Å²) in [7, 11) is 2.00. The average molecular weight is 211 g/mol. The normalized spacial score (nSPS) is 18.1. The SMILES string of the molecule is CCC(CC)C(=O)N(C)C1CCCCC1. The van der Waals surface area contributed by atoms with E-state index in [0.717, 1.165) is 12.8 Å². The minimum Gasteiger partial charge on any atom is -0.343 e. The van der Waals surface area contributed by atoms with E-state index in [1.54, 1.807) is 0 Å². The lowest BCUT2D eigenvalue weighted by molar-refractivity contribution is -0.137. The first kappa shape index (κ1) is 12.5. The summed E-state index contributed by atoms with van der Waals surface area (Å²) in [6, 6.07) is 0.520. The van der Waals surface area contributed by atoms with Gasteiger partial charge in [-0.1, -0.05) is 33.1 Å². The van der Waals surface area contributed by atoms with E-state index in [9.17, 15) is 4.79 Å². The van der Waals surface area contributed by atoms with E-state index in [4.69, 9.17) is 0 Å². The van der Waals surface area contributed by atoms with E-state index in [1.807, 2.05) is 11.9 Å². The first-order valence-corrected chi connectivity index (χ1v) is 6.47. The molecule has 0 unspecified atom stereocenters. The van der Waals surface area contributed by atoms with E-state index < -0.39 is 0 Å². The second-order valence-corrected chi connectivity index (χ2v) is 4.75. The van der Waals surface area contributed by atoms with E-state index in [2.05, 4.69) is 13.8 Å². The molecule has 1 aliphatic rings. The van der Waals surface area contributed by atoms with Crippen molar-refractivity contribution in [1.29, 1.82) is 0 Å². The van der Waals surface area contributed by atoms with Gasteiger partial charge in [0.2, 0.25) is 5.91 Å². The first-order valence-electron chi connectivity index (χ1n) is 6.47. The van der Waals surface area contributed by atoms with Crippen LogP contribution in [0.1, 0.15) is 58.8 Å². The van der Waals surface area contributed by atoms with Crippen molar-refractivity contribution in [2.24, 2.45) is 5.92 Å². The molecule has 0 aromatic carbocycles. The average Bonchev–Trinajstić information content (AvgIpc) is 2.30. The number of hydrogen-bond acceptors (Lipinski definition) is 1. The molecule has 88 valence electrons. The van der Waals surface area contributed by atoms with Crippen LogP contribution in [0.3, 0.4) is 0 Å². The number of hydrogen-bond donors (Lipinski definition) is 0. The fourth-order valence-corrected chi connectivity index (χ4v) is 2.57. The molecule has 1 saturated carbocycles. The third kappa shape index (κ3) is 3.22. The summed E-state index contributed by atoms with van der Waals surface area (Å²) in [5.74, 6) is 0.615. The van der Waals surface area contributed by atoms with Crippen LogP contribution >= 0.6 is 0 Å². The van der Waals surface area contributed by atoms with Gasteiger partial charge >= 0.3 is 0 Å². The molecule has 0 heterocycles. The fraction of sp³-hybridized carbons (Fsp3) is 0.923. The second-order valence-electron chi connectivity index (χ2n) is 4.75. The Morgan fingerprint density at radius 3 is 2.20 bits per heavy atom. The number of nitrogens with zero attached hydrogens (tertiary/aromatic N) is 1. The van der Waals surface area contributed by atoms with Gasteiger partial charge in [0.15, 0.2) is 0 Å². The van der Waals surface area contributed by atoms with E-state index in [0.29, 0.717) is 11.9 Å². The van der Waals surface area contributed by atoms with Crippen LogP contribution in [-0.4, -0.2) is 23.9 Å². The van der Waals surface area contributed by atoms with Crippen molar-refractivity contribution >= 4 is 5.91 Å². The van der Waals surface area contributed by atoms with Crippen LogP contribution < -0.4 is 0 Å². The highest BCUT2D eigenvalue weighted by Gasteiger charge is 2.25. The minimum atomic E-state index is 0.247. The maximum absolute atomic E-state index is 12.1. The number of amides is 1. The lowest BCUT2D eigenvalue weighted by Gasteiger charge is -2.33. The van der Waals surface area contributed by atoms with Gasteiger partial charge in [-0.15, -0.1) is 0 Å². The Bertz CT molecular complexity index is 193. The Hall–Kier alpha value is -0.530. The van der Waals surface area contributed by atoms with Gasteiger partial charge in [0.25, 0.3) is 0 Å². The topological polar surface area (TPSA) is 20.3 Å². The largest absolute Gasteiger partial charge is 0.343 e. The Morgan fingerprint density at radius 1 is 1.20 bits per heavy atom. The van der Waals surface area contributed by atoms with Crippen LogP contribution in [0.2, 0.25) is 0 Å². The molecular formula is C13H25NO. The standard InChI is InChI=1S/C13H25NO/c1-4-11(5-2)13(15)14(3)12-9-7-6-8-10-12/h11-12H,4-10H2,1-3H3. The number of carbonyl (C=O) groups is 1. The van der Waals surface area contributed by atoms with Crippen molar-refractivity contribution < 1.29 is 4.79 Å². The molecule has 0 radical (unpaired) electrons. The molecule has 2 nitrogen and oxygen atoms in total. The Kier molecular flexibility index (Phi) is 5.13. The molecule has 0 spiro atoms. The summed E-state index contributed by atoms with van der Waals surface area (Å²) in [5, 5.41) is 0. The maximum atomic E-state index is 12.1. The minimum absolute atomic E-state index is 0.247. The zero-order valence-electron chi connectivity index (χ0n) is 10.5. The molecule has 0 N–H and O–H groups in total. The fourth-order valence-electron chi connectivity index (χ4n) is 2.57. The molecule has 0 bridgehead atoms. The molecule has 0 aromatic rings. The van der Waals surface area contributed by atoms with E-state index in [1.165, 1.54) is 32.1 Å². The van der Waals surface area contributed by atoms with Gasteiger partial charge in [0, 0.05) is 19.0 Å². The lowest BCUT2D eigenvalue weighted by Crippen LogP contribution is -2.41. The molecule has 0 saturated heterocycles. The van der Waals surface area contributed by atoms with Gasteiger partial charge in [-0.3, -0.25) is 4.79 Å². The molecule has 2 heteroatoms. The second kappa shape index (κ2) is 6.14. The maximum Gasteiger partial charge on any atom is 0.225 e. The molecule has 15 heavy (non-hydrogen) atoms. The Labute approximate surface area is 94.0 Å². The quantitative estimate of drug-likeness (QED) is 0.699. The zero-order valence-corrected chi connectivity index (χ0v) is 10.5. The monoisotopic (exact) mass is 211 g/mol.